The van der Waals surface area contributed by atoms with E-state index in [1.165, 1.54) is 31.5 Å². The second-order valence-corrected chi connectivity index (χ2v) is 7.24. The van der Waals surface area contributed by atoms with Crippen LogP contribution in [0.5, 0.6) is 0 Å². The molecule has 2 aliphatic rings. The Bertz CT molecular complexity index is 240. The van der Waals surface area contributed by atoms with Gasteiger partial charge in [0.1, 0.15) is 0 Å². The molecule has 1 aliphatic heterocycles. The van der Waals surface area contributed by atoms with Gasteiger partial charge in [-0.05, 0) is 18.4 Å². The largest absolute Gasteiger partial charge is 0.310 e. The molecule has 0 aromatic rings. The van der Waals surface area contributed by atoms with Gasteiger partial charge in [-0.3, -0.25) is 4.90 Å². The van der Waals surface area contributed by atoms with Crippen LogP contribution in [-0.2, 0) is 0 Å². The third-order valence-corrected chi connectivity index (χ3v) is 4.39. The number of rotatable bonds is 5. The molecule has 92 valence electrons. The zero-order chi connectivity index (χ0) is 11.5. The van der Waals surface area contributed by atoms with Crippen molar-refractivity contribution in [1.29, 1.82) is 0 Å². The minimum atomic E-state index is 0.771. The summed E-state index contributed by atoms with van der Waals surface area (Å²) < 4.78 is 0. The molecule has 1 saturated heterocycles. The molecule has 2 unspecified atom stereocenters. The fourth-order valence-corrected chi connectivity index (χ4v) is 3.75. The van der Waals surface area contributed by atoms with E-state index in [2.05, 4.69) is 42.4 Å². The first-order valence-electron chi connectivity index (χ1n) is 6.41. The van der Waals surface area contributed by atoms with Gasteiger partial charge in [-0.25, -0.2) is 0 Å². The highest BCUT2D eigenvalue weighted by Crippen LogP contribution is 2.25. The third-order valence-electron chi connectivity index (χ3n) is 3.16. The van der Waals surface area contributed by atoms with Crippen molar-refractivity contribution in [2.24, 2.45) is 0 Å². The van der Waals surface area contributed by atoms with E-state index in [1.54, 1.807) is 0 Å². The molecule has 0 spiro atoms. The Morgan fingerprint density at radius 3 is 2.50 bits per heavy atom. The van der Waals surface area contributed by atoms with E-state index in [0.717, 1.165) is 29.6 Å². The first-order chi connectivity index (χ1) is 7.63. The van der Waals surface area contributed by atoms with Crippen LogP contribution in [0.4, 0.5) is 0 Å². The standard InChI is InChI=1S/C13H24N2S/c1-10(6-14-13-4-5-13)7-15-8-11(2)16-12(3)9-15/h11-14H,1,4-9H2,2-3H3. The Labute approximate surface area is 104 Å². The van der Waals surface area contributed by atoms with Crippen LogP contribution in [0.15, 0.2) is 12.2 Å². The molecule has 16 heavy (non-hydrogen) atoms. The zero-order valence-electron chi connectivity index (χ0n) is 10.5. The Morgan fingerprint density at radius 2 is 1.94 bits per heavy atom. The summed E-state index contributed by atoms with van der Waals surface area (Å²) >= 11 is 2.11. The number of nitrogens with zero attached hydrogens (tertiary/aromatic N) is 1. The number of hydrogen-bond donors (Lipinski definition) is 1. The first-order valence-corrected chi connectivity index (χ1v) is 7.35. The van der Waals surface area contributed by atoms with E-state index >= 15 is 0 Å². The fraction of sp³-hybridized carbons (Fsp3) is 0.846. The SMILES string of the molecule is C=C(CNC1CC1)CN1CC(C)SC(C)C1. The van der Waals surface area contributed by atoms with Crippen LogP contribution in [0.1, 0.15) is 26.7 Å². The van der Waals surface area contributed by atoms with Gasteiger partial charge in [-0.2, -0.15) is 11.8 Å². The molecule has 0 amide bonds. The van der Waals surface area contributed by atoms with E-state index in [-0.39, 0.29) is 0 Å². The van der Waals surface area contributed by atoms with Gasteiger partial charge in [0, 0.05) is 42.7 Å². The highest BCUT2D eigenvalue weighted by atomic mass is 32.2. The van der Waals surface area contributed by atoms with E-state index < -0.39 is 0 Å². The van der Waals surface area contributed by atoms with Crippen LogP contribution in [-0.4, -0.2) is 47.6 Å². The Kier molecular flexibility index (Phi) is 4.34. The smallest absolute Gasteiger partial charge is 0.0203 e. The Hall–Kier alpha value is 0.0100. The molecule has 0 radical (unpaired) electrons. The molecular weight excluding hydrogens is 216 g/mol. The van der Waals surface area contributed by atoms with Crippen molar-refractivity contribution < 1.29 is 0 Å². The van der Waals surface area contributed by atoms with Crippen LogP contribution in [0.25, 0.3) is 0 Å². The first kappa shape index (κ1) is 12.5. The van der Waals surface area contributed by atoms with Gasteiger partial charge in [0.15, 0.2) is 0 Å². The van der Waals surface area contributed by atoms with Gasteiger partial charge in [-0.15, -0.1) is 0 Å². The molecule has 2 rings (SSSR count). The topological polar surface area (TPSA) is 15.3 Å². The van der Waals surface area contributed by atoms with Gasteiger partial charge in [0.05, 0.1) is 0 Å². The molecule has 0 bridgehead atoms. The van der Waals surface area contributed by atoms with E-state index in [4.69, 9.17) is 0 Å². The van der Waals surface area contributed by atoms with Gasteiger partial charge in [-0.1, -0.05) is 20.4 Å². The normalized spacial score (nSPS) is 31.6. The lowest BCUT2D eigenvalue weighted by molar-refractivity contribution is 0.291. The summed E-state index contributed by atoms with van der Waals surface area (Å²) in [6.07, 6.45) is 2.73. The molecule has 0 aromatic carbocycles. The highest BCUT2D eigenvalue weighted by Gasteiger charge is 2.23. The number of thioether (sulfide) groups is 1. The Balaban J connectivity index is 1.68. The van der Waals surface area contributed by atoms with Gasteiger partial charge >= 0.3 is 0 Å². The van der Waals surface area contributed by atoms with E-state index in [9.17, 15) is 0 Å². The molecule has 1 heterocycles. The highest BCUT2D eigenvalue weighted by molar-refractivity contribution is 8.00. The molecule has 1 aliphatic carbocycles. The lowest BCUT2D eigenvalue weighted by atomic mass is 10.2. The maximum Gasteiger partial charge on any atom is 0.0203 e. The summed E-state index contributed by atoms with van der Waals surface area (Å²) in [5, 5.41) is 5.08. The maximum atomic E-state index is 4.19. The minimum absolute atomic E-state index is 0.771. The van der Waals surface area contributed by atoms with Crippen molar-refractivity contribution in [3.8, 4) is 0 Å². The monoisotopic (exact) mass is 240 g/mol. The van der Waals surface area contributed by atoms with Crippen molar-refractivity contribution in [3.05, 3.63) is 12.2 Å². The molecule has 2 nitrogen and oxygen atoms in total. The van der Waals surface area contributed by atoms with E-state index in [0.29, 0.717) is 0 Å². The molecule has 2 fully saturated rings. The second-order valence-electron chi connectivity index (χ2n) is 5.36. The summed E-state index contributed by atoms with van der Waals surface area (Å²) in [5.41, 5.74) is 1.35. The molecule has 0 aromatic heterocycles. The molecule has 1 saturated carbocycles. The molecular formula is C13H24N2S. The average Bonchev–Trinajstić information content (AvgIpc) is 2.96. The predicted octanol–water partition coefficient (Wildman–Crippen LogP) is 2.12. The molecule has 2 atom stereocenters. The van der Waals surface area contributed by atoms with Gasteiger partial charge < -0.3 is 5.32 Å². The van der Waals surface area contributed by atoms with Crippen LogP contribution >= 0.6 is 11.8 Å². The summed E-state index contributed by atoms with van der Waals surface area (Å²) in [4.78, 5) is 2.56. The Morgan fingerprint density at radius 1 is 1.31 bits per heavy atom. The lowest BCUT2D eigenvalue weighted by Crippen LogP contribution is -2.42. The second kappa shape index (κ2) is 5.56. The minimum Gasteiger partial charge on any atom is -0.310 e. The van der Waals surface area contributed by atoms with Crippen molar-refractivity contribution in [2.75, 3.05) is 26.2 Å². The zero-order valence-corrected chi connectivity index (χ0v) is 11.4. The van der Waals surface area contributed by atoms with Crippen LogP contribution < -0.4 is 5.32 Å². The third kappa shape index (κ3) is 4.11. The predicted molar refractivity (Wildman–Crippen MR) is 73.1 cm³/mol. The number of hydrogen-bond acceptors (Lipinski definition) is 3. The maximum absolute atomic E-state index is 4.19. The van der Waals surface area contributed by atoms with Gasteiger partial charge in [0.2, 0.25) is 0 Å². The molecule has 3 heteroatoms. The summed E-state index contributed by atoms with van der Waals surface area (Å²) in [7, 11) is 0. The molecule has 1 N–H and O–H groups in total. The quantitative estimate of drug-likeness (QED) is 0.741. The fourth-order valence-electron chi connectivity index (χ4n) is 2.36. The van der Waals surface area contributed by atoms with Crippen molar-refractivity contribution in [2.45, 2.75) is 43.2 Å². The number of nitrogens with one attached hydrogen (secondary N) is 1. The average molecular weight is 240 g/mol. The van der Waals surface area contributed by atoms with Crippen molar-refractivity contribution >= 4 is 11.8 Å². The van der Waals surface area contributed by atoms with Gasteiger partial charge in [0.25, 0.3) is 0 Å². The van der Waals surface area contributed by atoms with Crippen LogP contribution in [0.2, 0.25) is 0 Å². The van der Waals surface area contributed by atoms with Crippen LogP contribution in [0.3, 0.4) is 0 Å². The summed E-state index contributed by atoms with van der Waals surface area (Å²) in [6, 6.07) is 0.798. The lowest BCUT2D eigenvalue weighted by Gasteiger charge is -2.35. The van der Waals surface area contributed by atoms with Crippen LogP contribution in [0, 0.1) is 0 Å². The van der Waals surface area contributed by atoms with Crippen molar-refractivity contribution in [1.82, 2.24) is 10.2 Å². The van der Waals surface area contributed by atoms with Crippen molar-refractivity contribution in [3.63, 3.8) is 0 Å². The summed E-state index contributed by atoms with van der Waals surface area (Å²) in [6.45, 7) is 13.4. The summed E-state index contributed by atoms with van der Waals surface area (Å²) in [5.74, 6) is 0. The van der Waals surface area contributed by atoms with E-state index in [1.807, 2.05) is 0 Å².